The van der Waals surface area contributed by atoms with Crippen LogP contribution in [0.3, 0.4) is 0 Å². The van der Waals surface area contributed by atoms with E-state index in [4.69, 9.17) is 9.29 Å². The van der Waals surface area contributed by atoms with Crippen LogP contribution in [0.5, 0.6) is 0 Å². The summed E-state index contributed by atoms with van der Waals surface area (Å²) in [6, 6.07) is -1.27. The summed E-state index contributed by atoms with van der Waals surface area (Å²) in [6.45, 7) is 0.334. The molecule has 0 saturated carbocycles. The Hall–Kier alpha value is -0.820. The molecule has 5 N–H and O–H groups in total. The van der Waals surface area contributed by atoms with Crippen molar-refractivity contribution in [2.24, 2.45) is 0 Å². The zero-order valence-corrected chi connectivity index (χ0v) is 10.6. The highest BCUT2D eigenvalue weighted by molar-refractivity contribution is 7.80. The molecule has 5 unspecified atom stereocenters. The van der Waals surface area contributed by atoms with Crippen molar-refractivity contribution in [1.29, 1.82) is 0 Å². The SMILES string of the molecule is CC(=O)NC1C(O)OC(COS(=O)(=O)O)C(O)C1O. The van der Waals surface area contributed by atoms with E-state index in [1.807, 2.05) is 0 Å². The molecule has 1 heterocycles. The summed E-state index contributed by atoms with van der Waals surface area (Å²) in [4.78, 5) is 10.8. The number of amides is 1. The van der Waals surface area contributed by atoms with Crippen molar-refractivity contribution in [3.05, 3.63) is 0 Å². The van der Waals surface area contributed by atoms with Gasteiger partial charge in [0.2, 0.25) is 5.91 Å². The van der Waals surface area contributed by atoms with E-state index in [2.05, 4.69) is 9.50 Å². The zero-order valence-electron chi connectivity index (χ0n) is 9.83. The molecule has 1 saturated heterocycles. The van der Waals surface area contributed by atoms with E-state index >= 15 is 0 Å². The molecule has 0 spiro atoms. The van der Waals surface area contributed by atoms with Gasteiger partial charge < -0.3 is 25.4 Å². The molecule has 1 amide bonds. The molecule has 0 aromatic heterocycles. The molecule has 0 aromatic carbocycles. The normalized spacial score (nSPS) is 35.9. The first-order valence-corrected chi connectivity index (χ1v) is 6.57. The molecule has 0 aromatic rings. The van der Waals surface area contributed by atoms with Gasteiger partial charge in [-0.3, -0.25) is 9.35 Å². The molecule has 10 nitrogen and oxygen atoms in total. The Morgan fingerprint density at radius 2 is 1.89 bits per heavy atom. The summed E-state index contributed by atoms with van der Waals surface area (Å²) >= 11 is 0. The minimum atomic E-state index is -4.74. The number of carbonyl (C=O) groups excluding carboxylic acids is 1. The second-order valence-corrected chi connectivity index (χ2v) is 5.08. The fourth-order valence-corrected chi connectivity index (χ4v) is 1.93. The Morgan fingerprint density at radius 3 is 2.37 bits per heavy atom. The number of hydrogen-bond donors (Lipinski definition) is 5. The molecule has 11 heteroatoms. The minimum absolute atomic E-state index is 0.563. The van der Waals surface area contributed by atoms with Crippen LogP contribution in [-0.2, 0) is 24.1 Å². The first kappa shape index (κ1) is 16.2. The number of nitrogens with one attached hydrogen (secondary N) is 1. The third-order valence-corrected chi connectivity index (χ3v) is 2.91. The Kier molecular flexibility index (Phi) is 5.20. The number of aliphatic hydroxyl groups excluding tert-OH is 3. The number of rotatable bonds is 4. The summed E-state index contributed by atoms with van der Waals surface area (Å²) in [5.74, 6) is -0.563. The van der Waals surface area contributed by atoms with E-state index in [0.717, 1.165) is 6.92 Å². The van der Waals surface area contributed by atoms with Gasteiger partial charge in [0.1, 0.15) is 24.4 Å². The van der Waals surface area contributed by atoms with Gasteiger partial charge in [-0.25, -0.2) is 4.18 Å². The van der Waals surface area contributed by atoms with Gasteiger partial charge in [0.15, 0.2) is 6.29 Å². The largest absolute Gasteiger partial charge is 0.397 e. The van der Waals surface area contributed by atoms with Gasteiger partial charge in [0.25, 0.3) is 0 Å². The predicted molar refractivity (Wildman–Crippen MR) is 58.0 cm³/mol. The van der Waals surface area contributed by atoms with Crippen LogP contribution in [0.25, 0.3) is 0 Å². The summed E-state index contributed by atoms with van der Waals surface area (Å²) in [5, 5.41) is 31.0. The van der Waals surface area contributed by atoms with Crippen molar-refractivity contribution in [2.75, 3.05) is 6.61 Å². The second-order valence-electron chi connectivity index (χ2n) is 3.98. The Bertz CT molecular complexity index is 424. The van der Waals surface area contributed by atoms with Crippen LogP contribution in [0.2, 0.25) is 0 Å². The highest BCUT2D eigenvalue weighted by atomic mass is 32.3. The van der Waals surface area contributed by atoms with Crippen molar-refractivity contribution >= 4 is 16.3 Å². The lowest BCUT2D eigenvalue weighted by atomic mass is 9.97. The fourth-order valence-electron chi connectivity index (χ4n) is 1.63. The summed E-state index contributed by atoms with van der Waals surface area (Å²) in [6.07, 6.45) is -6.28. The molecule has 1 aliphatic heterocycles. The maximum absolute atomic E-state index is 10.8. The van der Waals surface area contributed by atoms with Gasteiger partial charge in [0.05, 0.1) is 6.61 Å². The Balaban J connectivity index is 2.69. The molecule has 0 aliphatic carbocycles. The summed E-state index contributed by atoms with van der Waals surface area (Å²) in [7, 11) is -4.74. The van der Waals surface area contributed by atoms with Gasteiger partial charge in [-0.05, 0) is 0 Å². The lowest BCUT2D eigenvalue weighted by Crippen LogP contribution is -2.64. The fraction of sp³-hybridized carbons (Fsp3) is 0.875. The smallest absolute Gasteiger partial charge is 0.388 e. The van der Waals surface area contributed by atoms with Crippen molar-refractivity contribution in [1.82, 2.24) is 5.32 Å². The average Bonchev–Trinajstić information content (AvgIpc) is 2.26. The maximum atomic E-state index is 10.8. The van der Waals surface area contributed by atoms with Crippen molar-refractivity contribution in [3.63, 3.8) is 0 Å². The highest BCUT2D eigenvalue weighted by Crippen LogP contribution is 2.20. The first-order chi connectivity index (χ1) is 8.61. The minimum Gasteiger partial charge on any atom is -0.388 e. The molecule has 0 bridgehead atoms. The van der Waals surface area contributed by atoms with Crippen LogP contribution in [0.15, 0.2) is 0 Å². The van der Waals surface area contributed by atoms with Gasteiger partial charge >= 0.3 is 10.4 Å². The van der Waals surface area contributed by atoms with Crippen molar-refractivity contribution in [3.8, 4) is 0 Å². The molecule has 112 valence electrons. The van der Waals surface area contributed by atoms with Crippen LogP contribution in [0.1, 0.15) is 6.92 Å². The third-order valence-electron chi connectivity index (χ3n) is 2.47. The van der Waals surface area contributed by atoms with Gasteiger partial charge in [-0.15, -0.1) is 0 Å². The lowest BCUT2D eigenvalue weighted by Gasteiger charge is -2.40. The zero-order chi connectivity index (χ0) is 14.8. The molecule has 5 atom stereocenters. The van der Waals surface area contributed by atoms with Crippen LogP contribution in [0, 0.1) is 0 Å². The molecular formula is C8H15NO9S. The first-order valence-electron chi connectivity index (χ1n) is 5.20. The average molecular weight is 301 g/mol. The van der Waals surface area contributed by atoms with E-state index in [-0.39, 0.29) is 0 Å². The molecule has 1 fully saturated rings. The highest BCUT2D eigenvalue weighted by Gasteiger charge is 2.44. The van der Waals surface area contributed by atoms with Gasteiger partial charge in [0, 0.05) is 6.92 Å². The van der Waals surface area contributed by atoms with Crippen LogP contribution in [0.4, 0.5) is 0 Å². The second kappa shape index (κ2) is 6.09. The van der Waals surface area contributed by atoms with E-state index in [1.54, 1.807) is 0 Å². The number of hydrogen-bond acceptors (Lipinski definition) is 8. The van der Waals surface area contributed by atoms with E-state index in [0.29, 0.717) is 0 Å². The summed E-state index contributed by atoms with van der Waals surface area (Å²) in [5.41, 5.74) is 0. The number of carbonyl (C=O) groups is 1. The lowest BCUT2D eigenvalue weighted by molar-refractivity contribution is -0.252. The topological polar surface area (TPSA) is 163 Å². The predicted octanol–water partition coefficient (Wildman–Crippen LogP) is -3.25. The number of ether oxygens (including phenoxy) is 1. The molecule has 0 radical (unpaired) electrons. The third kappa shape index (κ3) is 4.65. The van der Waals surface area contributed by atoms with Crippen LogP contribution < -0.4 is 5.32 Å². The molecule has 19 heavy (non-hydrogen) atoms. The monoisotopic (exact) mass is 301 g/mol. The van der Waals surface area contributed by atoms with Crippen molar-refractivity contribution < 1.29 is 42.0 Å². The number of aliphatic hydroxyl groups is 3. The standard InChI is InChI=1S/C8H15NO9S/c1-3(10)9-5-7(12)6(11)4(18-8(5)13)2-17-19(14,15)16/h4-8,11-13H,2H2,1H3,(H,9,10)(H,14,15,16). The maximum Gasteiger partial charge on any atom is 0.397 e. The van der Waals surface area contributed by atoms with Crippen molar-refractivity contribution in [2.45, 2.75) is 37.6 Å². The van der Waals surface area contributed by atoms with Crippen LogP contribution in [-0.4, -0.2) is 71.4 Å². The molecular weight excluding hydrogens is 286 g/mol. The quantitative estimate of drug-likeness (QED) is 0.335. The molecule has 1 aliphatic rings. The van der Waals surface area contributed by atoms with E-state index in [1.165, 1.54) is 0 Å². The Labute approximate surface area is 108 Å². The van der Waals surface area contributed by atoms with E-state index in [9.17, 15) is 28.5 Å². The molecule has 1 rings (SSSR count). The van der Waals surface area contributed by atoms with Crippen LogP contribution >= 0.6 is 0 Å². The Morgan fingerprint density at radius 1 is 1.32 bits per heavy atom. The van der Waals surface area contributed by atoms with Gasteiger partial charge in [-0.1, -0.05) is 0 Å². The van der Waals surface area contributed by atoms with Gasteiger partial charge in [-0.2, -0.15) is 8.42 Å². The summed E-state index contributed by atoms with van der Waals surface area (Å²) < 4.78 is 37.9. The van der Waals surface area contributed by atoms with E-state index < -0.39 is 53.6 Å².